The number of nitrogens with zero attached hydrogens (tertiary/aromatic N) is 1. The van der Waals surface area contributed by atoms with Crippen molar-refractivity contribution in [1.82, 2.24) is 4.90 Å². The third kappa shape index (κ3) is 3.58. The van der Waals surface area contributed by atoms with Gasteiger partial charge in [-0.15, -0.1) is 0 Å². The minimum Gasteiger partial charge on any atom is -0.389 e. The van der Waals surface area contributed by atoms with Crippen LogP contribution in [0.25, 0.3) is 0 Å². The van der Waals surface area contributed by atoms with E-state index >= 15 is 0 Å². The Morgan fingerprint density at radius 2 is 2.00 bits per heavy atom. The van der Waals surface area contributed by atoms with Gasteiger partial charge in [0.2, 0.25) is 0 Å². The standard InChI is InChI=1S/C12H25NO/c1-5-13(8-11-6-7-11)9-12(4,14)10(2)3/h10-11,14H,5-9H2,1-4H3. The van der Waals surface area contributed by atoms with Gasteiger partial charge < -0.3 is 10.0 Å². The van der Waals surface area contributed by atoms with Crippen LogP contribution in [0.5, 0.6) is 0 Å². The Bertz CT molecular complexity index is 173. The summed E-state index contributed by atoms with van der Waals surface area (Å²) in [4.78, 5) is 2.39. The molecule has 0 amide bonds. The molecule has 1 atom stereocenters. The summed E-state index contributed by atoms with van der Waals surface area (Å²) in [6, 6.07) is 0. The van der Waals surface area contributed by atoms with E-state index in [0.29, 0.717) is 5.92 Å². The lowest BCUT2D eigenvalue weighted by Crippen LogP contribution is -2.45. The Morgan fingerprint density at radius 3 is 2.36 bits per heavy atom. The van der Waals surface area contributed by atoms with E-state index in [-0.39, 0.29) is 0 Å². The highest BCUT2D eigenvalue weighted by molar-refractivity contribution is 4.83. The number of hydrogen-bond acceptors (Lipinski definition) is 2. The van der Waals surface area contributed by atoms with Crippen LogP contribution >= 0.6 is 0 Å². The summed E-state index contributed by atoms with van der Waals surface area (Å²) in [6.45, 7) is 11.4. The molecule has 2 heteroatoms. The van der Waals surface area contributed by atoms with E-state index in [4.69, 9.17) is 0 Å². The summed E-state index contributed by atoms with van der Waals surface area (Å²) >= 11 is 0. The van der Waals surface area contributed by atoms with Crippen LogP contribution in [0.3, 0.4) is 0 Å². The lowest BCUT2D eigenvalue weighted by atomic mass is 9.92. The van der Waals surface area contributed by atoms with E-state index in [2.05, 4.69) is 25.7 Å². The summed E-state index contributed by atoms with van der Waals surface area (Å²) < 4.78 is 0. The third-order valence-electron chi connectivity index (χ3n) is 3.45. The Labute approximate surface area is 88.3 Å². The average Bonchev–Trinajstić information content (AvgIpc) is 2.86. The van der Waals surface area contributed by atoms with E-state index in [1.165, 1.54) is 19.4 Å². The second-order valence-corrected chi connectivity index (χ2v) is 5.28. The molecule has 0 aromatic heterocycles. The van der Waals surface area contributed by atoms with E-state index in [9.17, 15) is 5.11 Å². The fourth-order valence-electron chi connectivity index (χ4n) is 1.61. The Kier molecular flexibility index (Phi) is 3.96. The van der Waals surface area contributed by atoms with Crippen LogP contribution < -0.4 is 0 Å². The topological polar surface area (TPSA) is 23.5 Å². The maximum Gasteiger partial charge on any atom is 0.0768 e. The second-order valence-electron chi connectivity index (χ2n) is 5.28. The zero-order chi connectivity index (χ0) is 10.8. The lowest BCUT2D eigenvalue weighted by Gasteiger charge is -2.34. The lowest BCUT2D eigenvalue weighted by molar-refractivity contribution is -0.0186. The molecule has 0 bridgehead atoms. The molecule has 1 fully saturated rings. The number of aliphatic hydroxyl groups is 1. The summed E-state index contributed by atoms with van der Waals surface area (Å²) in [5.74, 6) is 1.24. The summed E-state index contributed by atoms with van der Waals surface area (Å²) in [7, 11) is 0. The van der Waals surface area contributed by atoms with Gasteiger partial charge in [-0.25, -0.2) is 0 Å². The Balaban J connectivity index is 2.37. The summed E-state index contributed by atoms with van der Waals surface area (Å²) in [5.41, 5.74) is -0.537. The van der Waals surface area contributed by atoms with Gasteiger partial charge in [-0.05, 0) is 38.1 Å². The molecule has 1 N–H and O–H groups in total. The van der Waals surface area contributed by atoms with Gasteiger partial charge in [-0.1, -0.05) is 20.8 Å². The second kappa shape index (κ2) is 4.63. The largest absolute Gasteiger partial charge is 0.389 e. The van der Waals surface area contributed by atoms with Crippen LogP contribution in [0.2, 0.25) is 0 Å². The minimum absolute atomic E-state index is 0.329. The van der Waals surface area contributed by atoms with E-state index < -0.39 is 5.60 Å². The quantitative estimate of drug-likeness (QED) is 0.708. The zero-order valence-electron chi connectivity index (χ0n) is 10.1. The molecule has 84 valence electrons. The maximum absolute atomic E-state index is 10.2. The molecule has 0 radical (unpaired) electrons. The predicted octanol–water partition coefficient (Wildman–Crippen LogP) is 2.13. The minimum atomic E-state index is -0.537. The van der Waals surface area contributed by atoms with Crippen LogP contribution in [0.4, 0.5) is 0 Å². The van der Waals surface area contributed by atoms with Gasteiger partial charge in [-0.3, -0.25) is 0 Å². The summed E-state index contributed by atoms with van der Waals surface area (Å²) in [6.07, 6.45) is 2.78. The molecule has 1 aliphatic carbocycles. The first kappa shape index (κ1) is 12.0. The first-order valence-electron chi connectivity index (χ1n) is 5.90. The molecule has 1 aliphatic rings. The Hall–Kier alpha value is -0.0800. The highest BCUT2D eigenvalue weighted by atomic mass is 16.3. The van der Waals surface area contributed by atoms with Crippen LogP contribution in [0, 0.1) is 11.8 Å². The van der Waals surface area contributed by atoms with Crippen molar-refractivity contribution < 1.29 is 5.11 Å². The Morgan fingerprint density at radius 1 is 1.43 bits per heavy atom. The fraction of sp³-hybridized carbons (Fsp3) is 1.00. The molecule has 2 nitrogen and oxygen atoms in total. The molecule has 0 heterocycles. The van der Waals surface area contributed by atoms with Crippen LogP contribution in [-0.4, -0.2) is 35.2 Å². The van der Waals surface area contributed by atoms with E-state index in [0.717, 1.165) is 19.0 Å². The van der Waals surface area contributed by atoms with Crippen LogP contribution in [0.1, 0.15) is 40.5 Å². The molecular formula is C12H25NO. The maximum atomic E-state index is 10.2. The van der Waals surface area contributed by atoms with Crippen molar-refractivity contribution in [3.63, 3.8) is 0 Å². The zero-order valence-corrected chi connectivity index (χ0v) is 10.1. The monoisotopic (exact) mass is 199 g/mol. The summed E-state index contributed by atoms with van der Waals surface area (Å²) in [5, 5.41) is 10.2. The molecule has 1 saturated carbocycles. The highest BCUT2D eigenvalue weighted by Gasteiger charge is 2.30. The van der Waals surface area contributed by atoms with Crippen molar-refractivity contribution in [2.45, 2.75) is 46.1 Å². The smallest absolute Gasteiger partial charge is 0.0768 e. The number of likely N-dealkylation sites (N-methyl/N-ethyl adjacent to an activating group) is 1. The first-order chi connectivity index (χ1) is 6.45. The van der Waals surface area contributed by atoms with Gasteiger partial charge >= 0.3 is 0 Å². The normalized spacial score (nSPS) is 21.6. The molecule has 1 unspecified atom stereocenters. The average molecular weight is 199 g/mol. The van der Waals surface area contributed by atoms with Crippen molar-refractivity contribution >= 4 is 0 Å². The molecule has 0 aromatic rings. The third-order valence-corrected chi connectivity index (χ3v) is 3.45. The van der Waals surface area contributed by atoms with Crippen molar-refractivity contribution in [2.24, 2.45) is 11.8 Å². The van der Waals surface area contributed by atoms with Gasteiger partial charge in [0.15, 0.2) is 0 Å². The molecule has 0 aliphatic heterocycles. The van der Waals surface area contributed by atoms with Gasteiger partial charge in [-0.2, -0.15) is 0 Å². The van der Waals surface area contributed by atoms with E-state index in [1.807, 2.05) is 6.92 Å². The van der Waals surface area contributed by atoms with Gasteiger partial charge in [0.05, 0.1) is 5.60 Å². The molecular weight excluding hydrogens is 174 g/mol. The van der Waals surface area contributed by atoms with Crippen molar-refractivity contribution in [3.05, 3.63) is 0 Å². The van der Waals surface area contributed by atoms with Gasteiger partial charge in [0.1, 0.15) is 0 Å². The molecule has 14 heavy (non-hydrogen) atoms. The predicted molar refractivity (Wildman–Crippen MR) is 60.3 cm³/mol. The SMILES string of the molecule is CCN(CC1CC1)CC(C)(O)C(C)C. The van der Waals surface area contributed by atoms with E-state index in [1.54, 1.807) is 0 Å². The van der Waals surface area contributed by atoms with Gasteiger partial charge in [0, 0.05) is 13.1 Å². The molecule has 0 aromatic carbocycles. The molecule has 1 rings (SSSR count). The first-order valence-corrected chi connectivity index (χ1v) is 5.90. The van der Waals surface area contributed by atoms with Crippen molar-refractivity contribution in [2.75, 3.05) is 19.6 Å². The molecule has 0 saturated heterocycles. The van der Waals surface area contributed by atoms with Gasteiger partial charge in [0.25, 0.3) is 0 Å². The molecule has 0 spiro atoms. The highest BCUT2D eigenvalue weighted by Crippen LogP contribution is 2.30. The fourth-order valence-corrected chi connectivity index (χ4v) is 1.61. The van der Waals surface area contributed by atoms with Crippen LogP contribution in [-0.2, 0) is 0 Å². The van der Waals surface area contributed by atoms with Crippen molar-refractivity contribution in [1.29, 1.82) is 0 Å². The number of rotatable bonds is 6. The number of hydrogen-bond donors (Lipinski definition) is 1. The van der Waals surface area contributed by atoms with Crippen molar-refractivity contribution in [3.8, 4) is 0 Å². The van der Waals surface area contributed by atoms with Crippen LogP contribution in [0.15, 0.2) is 0 Å².